The van der Waals surface area contributed by atoms with Crippen molar-refractivity contribution in [1.29, 1.82) is 0 Å². The summed E-state index contributed by atoms with van der Waals surface area (Å²) < 4.78 is 0. The van der Waals surface area contributed by atoms with Gasteiger partial charge in [-0.2, -0.15) is 0 Å². The molecule has 4 atom stereocenters. The van der Waals surface area contributed by atoms with Crippen LogP contribution < -0.4 is 22.1 Å². The number of carbonyl (C=O) groups excluding carboxylic acids is 2. The second kappa shape index (κ2) is 14.3. The first-order chi connectivity index (χ1) is 15.2. The number of aryl methyl sites for hydroxylation is 1. The van der Waals surface area contributed by atoms with Crippen molar-refractivity contribution in [2.75, 3.05) is 13.2 Å². The van der Waals surface area contributed by atoms with Gasteiger partial charge in [-0.25, -0.2) is 0 Å². The highest BCUT2D eigenvalue weighted by molar-refractivity contribution is 5.89. The van der Waals surface area contributed by atoms with Crippen molar-refractivity contribution in [1.82, 2.24) is 10.6 Å². The zero-order valence-corrected chi connectivity index (χ0v) is 18.8. The molecule has 32 heavy (non-hydrogen) atoms. The van der Waals surface area contributed by atoms with Crippen LogP contribution in [0.15, 0.2) is 29.3 Å². The van der Waals surface area contributed by atoms with Crippen molar-refractivity contribution in [2.45, 2.75) is 64.1 Å². The fourth-order valence-electron chi connectivity index (χ4n) is 3.09. The number of hydrogen-bond donors (Lipinski definition) is 7. The number of benzene rings is 1. The Morgan fingerprint density at radius 2 is 1.75 bits per heavy atom. The van der Waals surface area contributed by atoms with Gasteiger partial charge < -0.3 is 37.4 Å². The van der Waals surface area contributed by atoms with Gasteiger partial charge in [0.15, 0.2) is 5.96 Å². The van der Waals surface area contributed by atoms with Crippen LogP contribution in [0.5, 0.6) is 5.75 Å². The molecule has 1 aromatic rings. The number of nitrogens with one attached hydrogen (secondary N) is 2. The minimum Gasteiger partial charge on any atom is -0.508 e. The van der Waals surface area contributed by atoms with Gasteiger partial charge >= 0.3 is 0 Å². The number of aliphatic hydroxyl groups is 2. The lowest BCUT2D eigenvalue weighted by Gasteiger charge is -2.27. The molecule has 0 unspecified atom stereocenters. The third-order valence-electron chi connectivity index (χ3n) is 5.31. The number of aliphatic imine (C=N–C) groups is 1. The van der Waals surface area contributed by atoms with Gasteiger partial charge in [0.1, 0.15) is 17.9 Å². The van der Waals surface area contributed by atoms with E-state index in [9.17, 15) is 24.9 Å². The highest BCUT2D eigenvalue weighted by Crippen LogP contribution is 2.13. The van der Waals surface area contributed by atoms with Crippen molar-refractivity contribution in [3.63, 3.8) is 0 Å². The van der Waals surface area contributed by atoms with Crippen molar-refractivity contribution in [3.8, 4) is 5.75 Å². The normalized spacial score (nSPS) is 14.6. The maximum atomic E-state index is 12.8. The van der Waals surface area contributed by atoms with Crippen LogP contribution in [-0.2, 0) is 16.0 Å². The van der Waals surface area contributed by atoms with Crippen molar-refractivity contribution >= 4 is 17.8 Å². The van der Waals surface area contributed by atoms with E-state index in [1.807, 2.05) is 13.8 Å². The van der Waals surface area contributed by atoms with Crippen LogP contribution in [0.2, 0.25) is 0 Å². The molecule has 0 radical (unpaired) electrons. The fourth-order valence-corrected chi connectivity index (χ4v) is 3.09. The summed E-state index contributed by atoms with van der Waals surface area (Å²) in [5, 5.41) is 34.6. The van der Waals surface area contributed by atoms with Gasteiger partial charge in [0.2, 0.25) is 11.8 Å². The smallest absolute Gasteiger partial charge is 0.249 e. The largest absolute Gasteiger partial charge is 0.508 e. The second-order valence-corrected chi connectivity index (χ2v) is 7.93. The number of aliphatic hydroxyl groups excluding tert-OH is 2. The van der Waals surface area contributed by atoms with Gasteiger partial charge in [0.05, 0.1) is 12.6 Å². The quantitative estimate of drug-likeness (QED) is 0.115. The molecule has 0 aromatic heterocycles. The summed E-state index contributed by atoms with van der Waals surface area (Å²) in [4.78, 5) is 29.2. The van der Waals surface area contributed by atoms with E-state index >= 15 is 0 Å². The minimum absolute atomic E-state index is 0.0156. The molecule has 0 spiro atoms. The molecule has 0 aliphatic carbocycles. The number of nitrogens with two attached hydrogens (primary N) is 2. The van der Waals surface area contributed by atoms with E-state index in [0.717, 1.165) is 5.56 Å². The lowest BCUT2D eigenvalue weighted by atomic mass is 9.97. The number of aromatic hydroxyl groups is 1. The summed E-state index contributed by atoms with van der Waals surface area (Å²) in [5.74, 6) is -1.09. The third-order valence-corrected chi connectivity index (χ3v) is 5.31. The molecular weight excluding hydrogens is 414 g/mol. The third kappa shape index (κ3) is 9.97. The van der Waals surface area contributed by atoms with Gasteiger partial charge in [-0.15, -0.1) is 0 Å². The Morgan fingerprint density at radius 3 is 2.31 bits per heavy atom. The molecule has 2 amide bonds. The minimum atomic E-state index is -1.28. The number of amides is 2. The Bertz CT molecular complexity index is 737. The van der Waals surface area contributed by atoms with E-state index in [1.54, 1.807) is 24.3 Å². The van der Waals surface area contributed by atoms with Crippen LogP contribution in [0.25, 0.3) is 0 Å². The molecule has 0 bridgehead atoms. The van der Waals surface area contributed by atoms with Crippen LogP contribution in [0.1, 0.15) is 45.1 Å². The molecule has 0 aliphatic heterocycles. The predicted octanol–water partition coefficient (Wildman–Crippen LogP) is -0.253. The topological polar surface area (TPSA) is 183 Å². The highest BCUT2D eigenvalue weighted by atomic mass is 16.3. The summed E-state index contributed by atoms with van der Waals surface area (Å²) >= 11 is 0. The standard InChI is InChI=1S/C22H37N5O5/c1-3-14(2)19(21(32)26-16(13-28)5-4-12-25-22(23)24)27-20(31)18(30)11-8-15-6-9-17(29)10-7-15/h6-7,9-10,14,16,18-19,28-30H,3-5,8,11-13H2,1-2H3,(H,26,32)(H,27,31)(H4,23,24,25)/t14-,16+,18-,19+/m1/s1. The van der Waals surface area contributed by atoms with Gasteiger partial charge in [0, 0.05) is 6.54 Å². The number of guanidine groups is 1. The Balaban J connectivity index is 2.64. The first kappa shape index (κ1) is 27.2. The summed E-state index contributed by atoms with van der Waals surface area (Å²) in [6.07, 6.45) is 1.01. The average molecular weight is 452 g/mol. The molecule has 0 heterocycles. The number of carbonyl (C=O) groups is 2. The van der Waals surface area contributed by atoms with E-state index < -0.39 is 30.0 Å². The lowest BCUT2D eigenvalue weighted by Crippen LogP contribution is -2.55. The van der Waals surface area contributed by atoms with E-state index in [1.165, 1.54) is 0 Å². The zero-order valence-electron chi connectivity index (χ0n) is 18.8. The van der Waals surface area contributed by atoms with E-state index in [-0.39, 0.29) is 30.7 Å². The first-order valence-corrected chi connectivity index (χ1v) is 10.9. The van der Waals surface area contributed by atoms with Gasteiger partial charge in [-0.3, -0.25) is 14.6 Å². The van der Waals surface area contributed by atoms with Gasteiger partial charge in [-0.1, -0.05) is 32.4 Å². The van der Waals surface area contributed by atoms with Crippen molar-refractivity contribution in [3.05, 3.63) is 29.8 Å². The molecule has 0 saturated heterocycles. The maximum Gasteiger partial charge on any atom is 0.249 e. The van der Waals surface area contributed by atoms with Crippen LogP contribution in [0.3, 0.4) is 0 Å². The van der Waals surface area contributed by atoms with E-state index in [0.29, 0.717) is 32.2 Å². The van der Waals surface area contributed by atoms with Gasteiger partial charge in [-0.05, 0) is 49.3 Å². The fraction of sp³-hybridized carbons (Fsp3) is 0.591. The summed E-state index contributed by atoms with van der Waals surface area (Å²) in [6.45, 7) is 3.86. The molecule has 0 aliphatic rings. The lowest BCUT2D eigenvalue weighted by molar-refractivity contribution is -0.135. The molecule has 1 aromatic carbocycles. The maximum absolute atomic E-state index is 12.8. The number of nitrogens with zero attached hydrogens (tertiary/aromatic N) is 1. The predicted molar refractivity (Wildman–Crippen MR) is 123 cm³/mol. The SMILES string of the molecule is CC[C@@H](C)[C@H](NC(=O)[C@H](O)CCc1ccc(O)cc1)C(=O)N[C@H](CO)CCCN=C(N)N. The molecule has 180 valence electrons. The molecule has 10 nitrogen and oxygen atoms in total. The van der Waals surface area contributed by atoms with E-state index in [2.05, 4.69) is 15.6 Å². The van der Waals surface area contributed by atoms with Crippen LogP contribution in [0.4, 0.5) is 0 Å². The number of phenolic OH excluding ortho intramolecular Hbond substituents is 1. The van der Waals surface area contributed by atoms with Crippen LogP contribution >= 0.6 is 0 Å². The molecule has 9 N–H and O–H groups in total. The Labute approximate surface area is 189 Å². The van der Waals surface area contributed by atoms with Crippen molar-refractivity contribution in [2.24, 2.45) is 22.4 Å². The molecule has 1 rings (SSSR count). The monoisotopic (exact) mass is 451 g/mol. The highest BCUT2D eigenvalue weighted by Gasteiger charge is 2.29. The average Bonchev–Trinajstić information content (AvgIpc) is 2.77. The number of phenols is 1. The van der Waals surface area contributed by atoms with Crippen molar-refractivity contribution < 1.29 is 24.9 Å². The number of rotatable bonds is 14. The van der Waals surface area contributed by atoms with Gasteiger partial charge in [0.25, 0.3) is 0 Å². The first-order valence-electron chi connectivity index (χ1n) is 10.9. The molecule has 0 saturated carbocycles. The summed E-state index contributed by atoms with van der Waals surface area (Å²) in [7, 11) is 0. The molecule has 10 heteroatoms. The molecule has 0 fully saturated rings. The molecular formula is C22H37N5O5. The van der Waals surface area contributed by atoms with E-state index in [4.69, 9.17) is 11.5 Å². The Kier molecular flexibility index (Phi) is 12.1. The number of hydrogen-bond acceptors (Lipinski definition) is 6. The Morgan fingerprint density at radius 1 is 1.09 bits per heavy atom. The summed E-state index contributed by atoms with van der Waals surface area (Å²) in [6, 6.07) is 5.18. The summed E-state index contributed by atoms with van der Waals surface area (Å²) in [5.41, 5.74) is 11.4. The second-order valence-electron chi connectivity index (χ2n) is 7.93. The van der Waals surface area contributed by atoms with Crippen LogP contribution in [-0.4, -0.2) is 64.4 Å². The van der Waals surface area contributed by atoms with Crippen LogP contribution in [0, 0.1) is 5.92 Å². The Hall–Kier alpha value is -2.85. The zero-order chi connectivity index (χ0) is 24.1.